The molecule has 2 rings (SSSR count). The molecule has 1 amide bonds. The van der Waals surface area contributed by atoms with Gasteiger partial charge in [-0.25, -0.2) is 13.6 Å². The van der Waals surface area contributed by atoms with Gasteiger partial charge in [-0.15, -0.1) is 0 Å². The second-order valence-electron chi connectivity index (χ2n) is 4.87. The molecule has 8 heteroatoms. The largest absolute Gasteiger partial charge is 0.495 e. The average molecular weight is 299 g/mol. The van der Waals surface area contributed by atoms with Gasteiger partial charge >= 0.3 is 0 Å². The number of sulfonamides is 1. The van der Waals surface area contributed by atoms with E-state index in [1.165, 1.54) is 25.3 Å². The molecule has 20 heavy (non-hydrogen) atoms. The van der Waals surface area contributed by atoms with Crippen molar-refractivity contribution in [1.82, 2.24) is 0 Å². The molecule has 0 atom stereocenters. The molecule has 1 saturated carbocycles. The van der Waals surface area contributed by atoms with E-state index in [1.807, 2.05) is 0 Å². The Morgan fingerprint density at radius 2 is 2.05 bits per heavy atom. The summed E-state index contributed by atoms with van der Waals surface area (Å²) in [6.07, 6.45) is 2.12. The van der Waals surface area contributed by atoms with Crippen LogP contribution >= 0.6 is 0 Å². The van der Waals surface area contributed by atoms with E-state index in [-0.39, 0.29) is 16.5 Å². The predicted molar refractivity (Wildman–Crippen MR) is 73.8 cm³/mol. The van der Waals surface area contributed by atoms with Crippen LogP contribution in [0, 0.1) is 0 Å². The fourth-order valence-corrected chi connectivity index (χ4v) is 2.53. The molecule has 110 valence electrons. The molecule has 1 aliphatic rings. The predicted octanol–water partition coefficient (Wildman–Crippen LogP) is 0.163. The van der Waals surface area contributed by atoms with Gasteiger partial charge in [0.25, 0.3) is 0 Å². The summed E-state index contributed by atoms with van der Waals surface area (Å²) in [6, 6.07) is 4.00. The molecule has 1 aromatic carbocycles. The van der Waals surface area contributed by atoms with E-state index in [1.54, 1.807) is 0 Å². The van der Waals surface area contributed by atoms with Crippen molar-refractivity contribution in [3.63, 3.8) is 0 Å². The van der Waals surface area contributed by atoms with E-state index >= 15 is 0 Å². The summed E-state index contributed by atoms with van der Waals surface area (Å²) >= 11 is 0. The summed E-state index contributed by atoms with van der Waals surface area (Å²) in [7, 11) is -2.43. The number of rotatable bonds is 4. The number of nitrogens with one attached hydrogen (secondary N) is 1. The number of carbonyl (C=O) groups is 1. The quantitative estimate of drug-likeness (QED) is 0.730. The Morgan fingerprint density at radius 3 is 2.50 bits per heavy atom. The lowest BCUT2D eigenvalue weighted by atomic mass is 9.77. The fourth-order valence-electron chi connectivity index (χ4n) is 1.99. The number of hydrogen-bond donors (Lipinski definition) is 3. The van der Waals surface area contributed by atoms with E-state index in [0.717, 1.165) is 6.42 Å². The van der Waals surface area contributed by atoms with Gasteiger partial charge in [-0.05, 0) is 37.5 Å². The van der Waals surface area contributed by atoms with Crippen LogP contribution < -0.4 is 20.9 Å². The molecule has 0 unspecified atom stereocenters. The Bertz CT molecular complexity index is 638. The molecule has 1 aliphatic carbocycles. The minimum absolute atomic E-state index is 0.103. The Labute approximate surface area is 117 Å². The molecular weight excluding hydrogens is 282 g/mol. The van der Waals surface area contributed by atoms with Crippen LogP contribution in [-0.2, 0) is 14.8 Å². The van der Waals surface area contributed by atoms with Crippen LogP contribution in [0.1, 0.15) is 19.3 Å². The summed E-state index contributed by atoms with van der Waals surface area (Å²) in [4.78, 5) is 12.0. The van der Waals surface area contributed by atoms with Crippen molar-refractivity contribution >= 4 is 21.6 Å². The Balaban J connectivity index is 2.32. The second kappa shape index (κ2) is 5.04. The van der Waals surface area contributed by atoms with Gasteiger partial charge in [-0.3, -0.25) is 4.79 Å². The molecule has 0 aliphatic heterocycles. The number of hydrogen-bond acceptors (Lipinski definition) is 5. The van der Waals surface area contributed by atoms with E-state index in [9.17, 15) is 13.2 Å². The van der Waals surface area contributed by atoms with Crippen molar-refractivity contribution in [3.05, 3.63) is 18.2 Å². The zero-order valence-electron chi connectivity index (χ0n) is 11.0. The van der Waals surface area contributed by atoms with E-state index in [0.29, 0.717) is 18.6 Å². The molecule has 0 heterocycles. The van der Waals surface area contributed by atoms with Crippen molar-refractivity contribution in [2.24, 2.45) is 10.9 Å². The Morgan fingerprint density at radius 1 is 1.40 bits per heavy atom. The maximum Gasteiger partial charge on any atom is 0.244 e. The summed E-state index contributed by atoms with van der Waals surface area (Å²) < 4.78 is 27.8. The Hall–Kier alpha value is -1.64. The van der Waals surface area contributed by atoms with Crippen LogP contribution in [-0.4, -0.2) is 27.0 Å². The SMILES string of the molecule is COc1ccc(S(N)(=O)=O)cc1NC(=O)C1(N)CCC1. The van der Waals surface area contributed by atoms with Crippen molar-refractivity contribution < 1.29 is 17.9 Å². The smallest absolute Gasteiger partial charge is 0.244 e. The lowest BCUT2D eigenvalue weighted by Gasteiger charge is -2.36. The van der Waals surface area contributed by atoms with Gasteiger partial charge in [0.2, 0.25) is 15.9 Å². The standard InChI is InChI=1S/C12H17N3O4S/c1-19-10-4-3-8(20(14,17)18)7-9(10)15-11(16)12(13)5-2-6-12/h3-4,7H,2,5-6,13H2,1H3,(H,15,16)(H2,14,17,18). The molecule has 7 nitrogen and oxygen atoms in total. The molecule has 1 aromatic rings. The third-order valence-corrected chi connectivity index (χ3v) is 4.36. The van der Waals surface area contributed by atoms with Crippen LogP contribution in [0.2, 0.25) is 0 Å². The highest BCUT2D eigenvalue weighted by Crippen LogP contribution is 2.33. The maximum atomic E-state index is 12.1. The van der Waals surface area contributed by atoms with E-state index in [4.69, 9.17) is 15.6 Å². The topological polar surface area (TPSA) is 125 Å². The number of nitrogens with two attached hydrogens (primary N) is 2. The summed E-state index contributed by atoms with van der Waals surface area (Å²) in [5, 5.41) is 7.67. The number of benzene rings is 1. The van der Waals surface area contributed by atoms with Crippen molar-refractivity contribution in [2.45, 2.75) is 29.7 Å². The lowest BCUT2D eigenvalue weighted by molar-refractivity contribution is -0.123. The first-order valence-corrected chi connectivity index (χ1v) is 7.62. The van der Waals surface area contributed by atoms with Crippen LogP contribution in [0.5, 0.6) is 5.75 Å². The summed E-state index contributed by atoms with van der Waals surface area (Å²) in [5.41, 5.74) is 5.26. The number of methoxy groups -OCH3 is 1. The lowest BCUT2D eigenvalue weighted by Crippen LogP contribution is -2.56. The van der Waals surface area contributed by atoms with Crippen LogP contribution in [0.15, 0.2) is 23.1 Å². The minimum Gasteiger partial charge on any atom is -0.495 e. The molecule has 1 fully saturated rings. The molecule has 5 N–H and O–H groups in total. The normalized spacial score (nSPS) is 17.1. The highest BCUT2D eigenvalue weighted by molar-refractivity contribution is 7.89. The highest BCUT2D eigenvalue weighted by atomic mass is 32.2. The molecular formula is C12H17N3O4S. The number of ether oxygens (including phenoxy) is 1. The average Bonchev–Trinajstić information content (AvgIpc) is 2.34. The molecule has 0 bridgehead atoms. The molecule has 0 saturated heterocycles. The van der Waals surface area contributed by atoms with Gasteiger partial charge in [0.15, 0.2) is 0 Å². The molecule has 0 radical (unpaired) electrons. The number of amides is 1. The van der Waals surface area contributed by atoms with Gasteiger partial charge in [0.1, 0.15) is 5.75 Å². The van der Waals surface area contributed by atoms with Crippen LogP contribution in [0.25, 0.3) is 0 Å². The zero-order chi connectivity index (χ0) is 15.0. The van der Waals surface area contributed by atoms with E-state index in [2.05, 4.69) is 5.32 Å². The zero-order valence-corrected chi connectivity index (χ0v) is 11.9. The first kappa shape index (κ1) is 14.8. The van der Waals surface area contributed by atoms with Crippen LogP contribution in [0.4, 0.5) is 5.69 Å². The summed E-state index contributed by atoms with van der Waals surface area (Å²) in [6.45, 7) is 0. The third kappa shape index (κ3) is 2.77. The maximum absolute atomic E-state index is 12.1. The number of carbonyl (C=O) groups excluding carboxylic acids is 1. The second-order valence-corrected chi connectivity index (χ2v) is 6.43. The van der Waals surface area contributed by atoms with Gasteiger partial charge in [-0.1, -0.05) is 0 Å². The Kier molecular flexibility index (Phi) is 3.72. The third-order valence-electron chi connectivity index (χ3n) is 3.45. The first-order valence-electron chi connectivity index (χ1n) is 6.07. The molecule has 0 spiro atoms. The monoisotopic (exact) mass is 299 g/mol. The minimum atomic E-state index is -3.85. The van der Waals surface area contributed by atoms with Crippen molar-refractivity contribution in [2.75, 3.05) is 12.4 Å². The number of anilines is 1. The van der Waals surface area contributed by atoms with Crippen LogP contribution in [0.3, 0.4) is 0 Å². The van der Waals surface area contributed by atoms with Gasteiger partial charge in [0, 0.05) is 0 Å². The first-order chi connectivity index (χ1) is 9.26. The van der Waals surface area contributed by atoms with Gasteiger partial charge < -0.3 is 15.8 Å². The number of primary sulfonamides is 1. The summed E-state index contributed by atoms with van der Waals surface area (Å²) in [5.74, 6) is -0.0118. The highest BCUT2D eigenvalue weighted by Gasteiger charge is 2.40. The van der Waals surface area contributed by atoms with E-state index < -0.39 is 15.6 Å². The molecule has 0 aromatic heterocycles. The van der Waals surface area contributed by atoms with Crippen molar-refractivity contribution in [3.8, 4) is 5.75 Å². The van der Waals surface area contributed by atoms with Crippen molar-refractivity contribution in [1.29, 1.82) is 0 Å². The van der Waals surface area contributed by atoms with Gasteiger partial charge in [-0.2, -0.15) is 0 Å². The fraction of sp³-hybridized carbons (Fsp3) is 0.417. The van der Waals surface area contributed by atoms with Gasteiger partial charge in [0.05, 0.1) is 23.2 Å².